The van der Waals surface area contributed by atoms with Crippen LogP contribution >= 0.6 is 0 Å². The quantitative estimate of drug-likeness (QED) is 0.651. The van der Waals surface area contributed by atoms with Gasteiger partial charge in [-0.15, -0.1) is 5.10 Å². The Labute approximate surface area is 169 Å². The molecule has 4 heterocycles. The van der Waals surface area contributed by atoms with Crippen molar-refractivity contribution in [1.82, 2.24) is 29.4 Å². The second kappa shape index (κ2) is 8.46. The minimum absolute atomic E-state index is 0.00187. The lowest BCUT2D eigenvalue weighted by Gasteiger charge is -2.32. The Morgan fingerprint density at radius 3 is 2.83 bits per heavy atom. The second-order valence-corrected chi connectivity index (χ2v) is 7.86. The van der Waals surface area contributed by atoms with E-state index in [0.29, 0.717) is 32.0 Å². The van der Waals surface area contributed by atoms with Gasteiger partial charge in [0.1, 0.15) is 11.4 Å². The third-order valence-corrected chi connectivity index (χ3v) is 5.87. The Bertz CT molecular complexity index is 931. The van der Waals surface area contributed by atoms with Gasteiger partial charge in [0, 0.05) is 39.2 Å². The Morgan fingerprint density at radius 2 is 2.03 bits per heavy atom. The van der Waals surface area contributed by atoms with E-state index in [1.165, 1.54) is 23.5 Å². The molecule has 1 amide bonds. The van der Waals surface area contributed by atoms with Gasteiger partial charge in [0.25, 0.3) is 11.5 Å². The van der Waals surface area contributed by atoms with Crippen LogP contribution in [0.4, 0.5) is 0 Å². The summed E-state index contributed by atoms with van der Waals surface area (Å²) in [6, 6.07) is 4.74. The maximum Gasteiger partial charge on any atom is 0.270 e. The molecule has 0 aliphatic carbocycles. The summed E-state index contributed by atoms with van der Waals surface area (Å²) in [5.74, 6) is -0.175. The molecule has 9 heteroatoms. The molecule has 2 aliphatic rings. The predicted molar refractivity (Wildman–Crippen MR) is 107 cm³/mol. The van der Waals surface area contributed by atoms with Crippen molar-refractivity contribution in [1.29, 1.82) is 0 Å². The van der Waals surface area contributed by atoms with E-state index in [2.05, 4.69) is 15.2 Å². The zero-order chi connectivity index (χ0) is 20.4. The second-order valence-electron chi connectivity index (χ2n) is 7.86. The molecule has 156 valence electrons. The van der Waals surface area contributed by atoms with Crippen molar-refractivity contribution in [3.63, 3.8) is 0 Å². The van der Waals surface area contributed by atoms with Crippen molar-refractivity contribution in [3.05, 3.63) is 45.6 Å². The fourth-order valence-corrected chi connectivity index (χ4v) is 4.27. The fourth-order valence-electron chi connectivity index (χ4n) is 4.27. The van der Waals surface area contributed by atoms with Gasteiger partial charge in [0.05, 0.1) is 25.5 Å². The summed E-state index contributed by atoms with van der Waals surface area (Å²) in [7, 11) is 3.49. The van der Waals surface area contributed by atoms with E-state index in [4.69, 9.17) is 4.74 Å². The predicted octanol–water partition coefficient (Wildman–Crippen LogP) is 0.366. The molecule has 9 nitrogen and oxygen atoms in total. The van der Waals surface area contributed by atoms with Crippen molar-refractivity contribution in [2.24, 2.45) is 14.1 Å². The molecule has 1 saturated heterocycles. The molecule has 0 N–H and O–H groups in total. The van der Waals surface area contributed by atoms with Crippen LogP contribution in [0.25, 0.3) is 0 Å². The molecule has 0 unspecified atom stereocenters. The van der Waals surface area contributed by atoms with E-state index in [1.54, 1.807) is 28.8 Å². The minimum atomic E-state index is -0.199. The van der Waals surface area contributed by atoms with Crippen LogP contribution in [0, 0.1) is 0 Å². The first-order valence-electron chi connectivity index (χ1n) is 10.2. The fraction of sp³-hybridized carbons (Fsp3) is 0.600. The van der Waals surface area contributed by atoms with Gasteiger partial charge in [-0.3, -0.25) is 14.3 Å². The highest BCUT2D eigenvalue weighted by Gasteiger charge is 2.33. The topological polar surface area (TPSA) is 85.5 Å². The summed E-state index contributed by atoms with van der Waals surface area (Å²) >= 11 is 0. The average Bonchev–Trinajstić information content (AvgIpc) is 3.37. The van der Waals surface area contributed by atoms with Crippen molar-refractivity contribution in [3.8, 4) is 0 Å². The standard InChI is InChI=1S/C20H28N6O3/c1-23-17(6-5-7-18(23)27)20(28)26-12-15(19-16(13-26)21-22-24(19)2)14-29-11-10-25-8-3-4-9-25/h5-7,15H,3-4,8-14H2,1-2H3/t15-/m1/s1. The Kier molecular flexibility index (Phi) is 5.77. The number of rotatable bonds is 6. The summed E-state index contributed by atoms with van der Waals surface area (Å²) in [5, 5.41) is 8.40. The number of fused-ring (bicyclic) bond motifs is 1. The van der Waals surface area contributed by atoms with Crippen LogP contribution in [0.1, 0.15) is 40.6 Å². The molecule has 0 bridgehead atoms. The molecule has 0 spiro atoms. The van der Waals surface area contributed by atoms with Crippen molar-refractivity contribution < 1.29 is 9.53 Å². The lowest BCUT2D eigenvalue weighted by Crippen LogP contribution is -2.42. The molecule has 29 heavy (non-hydrogen) atoms. The summed E-state index contributed by atoms with van der Waals surface area (Å²) in [6.07, 6.45) is 2.54. The molecule has 4 rings (SSSR count). The number of hydrogen-bond donors (Lipinski definition) is 0. The lowest BCUT2D eigenvalue weighted by molar-refractivity contribution is 0.0595. The van der Waals surface area contributed by atoms with Crippen molar-refractivity contribution in [2.45, 2.75) is 25.3 Å². The first-order chi connectivity index (χ1) is 14.0. The number of carbonyl (C=O) groups is 1. The number of likely N-dealkylation sites (tertiary alicyclic amines) is 1. The number of ether oxygens (including phenoxy) is 1. The first-order valence-corrected chi connectivity index (χ1v) is 10.2. The number of pyridine rings is 1. The van der Waals surface area contributed by atoms with Crippen LogP contribution in [0.2, 0.25) is 0 Å². The molecule has 0 saturated carbocycles. The molecular weight excluding hydrogens is 372 g/mol. The third kappa shape index (κ3) is 4.11. The number of carbonyl (C=O) groups excluding carboxylic acids is 1. The number of hydrogen-bond acceptors (Lipinski definition) is 6. The van der Waals surface area contributed by atoms with Gasteiger partial charge in [-0.25, -0.2) is 0 Å². The zero-order valence-electron chi connectivity index (χ0n) is 17.1. The Morgan fingerprint density at radius 1 is 1.24 bits per heavy atom. The molecule has 0 radical (unpaired) electrons. The van der Waals surface area contributed by atoms with Crippen LogP contribution in [-0.4, -0.2) is 74.7 Å². The summed E-state index contributed by atoms with van der Waals surface area (Å²) in [6.45, 7) is 5.34. The lowest BCUT2D eigenvalue weighted by atomic mass is 9.98. The maximum absolute atomic E-state index is 13.1. The van der Waals surface area contributed by atoms with Gasteiger partial charge in [0.15, 0.2) is 0 Å². The molecular formula is C20H28N6O3. The molecule has 0 aromatic carbocycles. The van der Waals surface area contributed by atoms with E-state index in [9.17, 15) is 9.59 Å². The van der Waals surface area contributed by atoms with Crippen LogP contribution in [0.15, 0.2) is 23.0 Å². The number of amides is 1. The minimum Gasteiger partial charge on any atom is -0.379 e. The average molecular weight is 400 g/mol. The van der Waals surface area contributed by atoms with Crippen molar-refractivity contribution >= 4 is 5.91 Å². The van der Waals surface area contributed by atoms with E-state index in [-0.39, 0.29) is 17.4 Å². The van der Waals surface area contributed by atoms with Gasteiger partial charge < -0.3 is 19.1 Å². The van der Waals surface area contributed by atoms with Crippen LogP contribution in [0.3, 0.4) is 0 Å². The van der Waals surface area contributed by atoms with Crippen LogP contribution in [-0.2, 0) is 25.4 Å². The van der Waals surface area contributed by atoms with Crippen LogP contribution < -0.4 is 5.56 Å². The van der Waals surface area contributed by atoms with Gasteiger partial charge in [-0.05, 0) is 32.0 Å². The molecule has 1 atom stereocenters. The van der Waals surface area contributed by atoms with Crippen molar-refractivity contribution in [2.75, 3.05) is 39.4 Å². The smallest absolute Gasteiger partial charge is 0.270 e. The normalized spacial score (nSPS) is 19.5. The van der Waals surface area contributed by atoms with E-state index >= 15 is 0 Å². The number of aromatic nitrogens is 4. The van der Waals surface area contributed by atoms with Gasteiger partial charge in [-0.1, -0.05) is 11.3 Å². The van der Waals surface area contributed by atoms with Gasteiger partial charge in [-0.2, -0.15) is 0 Å². The number of aryl methyl sites for hydroxylation is 1. The Hall–Kier alpha value is -2.52. The van der Waals surface area contributed by atoms with E-state index in [1.807, 2.05) is 7.05 Å². The summed E-state index contributed by atoms with van der Waals surface area (Å²) in [4.78, 5) is 29.2. The SMILES string of the molecule is Cn1nnc2c1[C@@H](COCCN1CCCC1)CN(C(=O)c1cccc(=O)n1C)C2. The number of nitrogens with zero attached hydrogens (tertiary/aromatic N) is 6. The molecule has 2 aromatic heterocycles. The third-order valence-electron chi connectivity index (χ3n) is 5.87. The Balaban J connectivity index is 1.46. The summed E-state index contributed by atoms with van der Waals surface area (Å²) in [5.41, 5.74) is 1.99. The van der Waals surface area contributed by atoms with E-state index in [0.717, 1.165) is 31.0 Å². The molecule has 2 aromatic rings. The monoisotopic (exact) mass is 400 g/mol. The molecule has 2 aliphatic heterocycles. The maximum atomic E-state index is 13.1. The highest BCUT2D eigenvalue weighted by atomic mass is 16.5. The summed E-state index contributed by atoms with van der Waals surface area (Å²) < 4.78 is 9.16. The van der Waals surface area contributed by atoms with Gasteiger partial charge >= 0.3 is 0 Å². The molecule has 1 fully saturated rings. The first kappa shape index (κ1) is 19.8. The van der Waals surface area contributed by atoms with Crippen LogP contribution in [0.5, 0.6) is 0 Å². The highest BCUT2D eigenvalue weighted by molar-refractivity contribution is 5.92. The largest absolute Gasteiger partial charge is 0.379 e. The highest BCUT2D eigenvalue weighted by Crippen LogP contribution is 2.27. The van der Waals surface area contributed by atoms with E-state index < -0.39 is 0 Å². The zero-order valence-corrected chi connectivity index (χ0v) is 17.1. The van der Waals surface area contributed by atoms with Gasteiger partial charge in [0.2, 0.25) is 0 Å².